The van der Waals surface area contributed by atoms with Crippen molar-refractivity contribution in [2.45, 2.75) is 39.2 Å². The molecule has 0 unspecified atom stereocenters. The van der Waals surface area contributed by atoms with E-state index in [-0.39, 0.29) is 0 Å². The van der Waals surface area contributed by atoms with E-state index < -0.39 is 0 Å². The van der Waals surface area contributed by atoms with Crippen molar-refractivity contribution in [3.8, 4) is 11.1 Å². The van der Waals surface area contributed by atoms with Crippen LogP contribution >= 0.6 is 23.5 Å². The molecule has 130 valence electrons. The van der Waals surface area contributed by atoms with E-state index in [0.29, 0.717) is 0 Å². The number of rotatable bonds is 9. The molecule has 0 saturated carbocycles. The van der Waals surface area contributed by atoms with E-state index in [0.717, 1.165) is 23.3 Å². The summed E-state index contributed by atoms with van der Waals surface area (Å²) in [7, 11) is 0. The monoisotopic (exact) mass is 358 g/mol. The van der Waals surface area contributed by atoms with Gasteiger partial charge in [-0.2, -0.15) is 23.5 Å². The molecule has 24 heavy (non-hydrogen) atoms. The van der Waals surface area contributed by atoms with Gasteiger partial charge in [0.2, 0.25) is 0 Å². The molecule has 2 aromatic rings. The third kappa shape index (κ3) is 6.94. The summed E-state index contributed by atoms with van der Waals surface area (Å²) in [4.78, 5) is 0. The highest BCUT2D eigenvalue weighted by Crippen LogP contribution is 2.24. The minimum atomic E-state index is 0.770. The van der Waals surface area contributed by atoms with Crippen LogP contribution in [0.25, 0.3) is 11.1 Å². The maximum atomic E-state index is 2.28. The normalized spacial score (nSPS) is 11.4. The molecule has 0 aromatic heterocycles. The lowest BCUT2D eigenvalue weighted by atomic mass is 10.0. The molecular formula is C22H30S2. The van der Waals surface area contributed by atoms with E-state index in [9.17, 15) is 0 Å². The minimum Gasteiger partial charge on any atom is -0.157 e. The van der Waals surface area contributed by atoms with Crippen LogP contribution in [0.4, 0.5) is 0 Å². The van der Waals surface area contributed by atoms with Crippen LogP contribution in [0.3, 0.4) is 0 Å². The quantitative estimate of drug-likeness (QED) is 0.467. The molecule has 0 fully saturated rings. The summed E-state index contributed by atoms with van der Waals surface area (Å²) in [6.45, 7) is 9.12. The predicted molar refractivity (Wildman–Crippen MR) is 114 cm³/mol. The van der Waals surface area contributed by atoms with Crippen molar-refractivity contribution >= 4 is 23.5 Å². The molecule has 2 heteroatoms. The lowest BCUT2D eigenvalue weighted by Gasteiger charge is -2.08. The molecule has 0 heterocycles. The summed E-state index contributed by atoms with van der Waals surface area (Å²) < 4.78 is 0. The molecule has 0 radical (unpaired) electrons. The zero-order valence-corrected chi connectivity index (χ0v) is 17.1. The Morgan fingerprint density at radius 3 is 1.21 bits per heavy atom. The fraction of sp³-hybridized carbons (Fsp3) is 0.455. The fourth-order valence-electron chi connectivity index (χ4n) is 2.41. The van der Waals surface area contributed by atoms with E-state index in [4.69, 9.17) is 0 Å². The van der Waals surface area contributed by atoms with Gasteiger partial charge in [-0.3, -0.25) is 0 Å². The van der Waals surface area contributed by atoms with E-state index in [2.05, 4.69) is 76.2 Å². The first-order valence-corrected chi connectivity index (χ1v) is 11.2. The molecule has 0 aliphatic carbocycles. The van der Waals surface area contributed by atoms with Crippen molar-refractivity contribution in [1.29, 1.82) is 0 Å². The highest BCUT2D eigenvalue weighted by Gasteiger charge is 2.01. The Balaban J connectivity index is 1.89. The van der Waals surface area contributed by atoms with E-state index >= 15 is 0 Å². The highest BCUT2D eigenvalue weighted by molar-refractivity contribution is 7.98. The first-order valence-electron chi connectivity index (χ1n) is 8.88. The van der Waals surface area contributed by atoms with Gasteiger partial charge in [0, 0.05) is 11.5 Å². The van der Waals surface area contributed by atoms with Gasteiger partial charge < -0.3 is 0 Å². The van der Waals surface area contributed by atoms with Crippen molar-refractivity contribution in [1.82, 2.24) is 0 Å². The van der Waals surface area contributed by atoms with Gasteiger partial charge in [0.05, 0.1) is 0 Å². The largest absolute Gasteiger partial charge is 0.157 e. The Morgan fingerprint density at radius 1 is 0.583 bits per heavy atom. The second-order valence-corrected chi connectivity index (χ2v) is 9.27. The molecule has 2 rings (SSSR count). The standard InChI is InChI=1S/C22H30S2/c1-17(2)13-23-15-19-5-9-21(10-6-19)22-11-7-20(8-12-22)16-24-14-18(3)4/h5-12,17-18H,13-16H2,1-4H3. The Labute approximate surface area is 156 Å². The second kappa shape index (κ2) is 10.2. The average molecular weight is 359 g/mol. The summed E-state index contributed by atoms with van der Waals surface area (Å²) in [5.74, 6) is 6.24. The zero-order valence-electron chi connectivity index (χ0n) is 15.4. The number of hydrogen-bond donors (Lipinski definition) is 0. The summed E-state index contributed by atoms with van der Waals surface area (Å²) in [6, 6.07) is 18.1. The van der Waals surface area contributed by atoms with Crippen LogP contribution in [-0.2, 0) is 11.5 Å². The van der Waals surface area contributed by atoms with Crippen molar-refractivity contribution in [2.24, 2.45) is 11.8 Å². The number of thioether (sulfide) groups is 2. The Hall–Kier alpha value is -0.860. The van der Waals surface area contributed by atoms with Crippen LogP contribution in [0.1, 0.15) is 38.8 Å². The molecule has 0 aliphatic heterocycles. The molecule has 0 aliphatic rings. The van der Waals surface area contributed by atoms with E-state index in [1.54, 1.807) is 0 Å². The van der Waals surface area contributed by atoms with Crippen LogP contribution in [0, 0.1) is 11.8 Å². The van der Waals surface area contributed by atoms with Crippen molar-refractivity contribution in [3.63, 3.8) is 0 Å². The third-order valence-corrected chi connectivity index (χ3v) is 6.56. The van der Waals surface area contributed by atoms with E-state index in [1.165, 1.54) is 33.8 Å². The lowest BCUT2D eigenvalue weighted by molar-refractivity contribution is 0.750. The van der Waals surface area contributed by atoms with Gasteiger partial charge in [-0.05, 0) is 45.6 Å². The molecular weight excluding hydrogens is 328 g/mol. The SMILES string of the molecule is CC(C)CSCc1ccc(-c2ccc(CSCC(C)C)cc2)cc1. The number of hydrogen-bond acceptors (Lipinski definition) is 2. The topological polar surface area (TPSA) is 0 Å². The minimum absolute atomic E-state index is 0.770. The summed E-state index contributed by atoms with van der Waals surface area (Å²) in [5.41, 5.74) is 5.47. The maximum absolute atomic E-state index is 2.28. The molecule has 0 nitrogen and oxygen atoms in total. The molecule has 0 spiro atoms. The first kappa shape index (κ1) is 19.5. The Bertz CT molecular complexity index is 527. The molecule has 0 saturated heterocycles. The molecule has 0 atom stereocenters. The third-order valence-electron chi connectivity index (χ3n) is 3.68. The first-order chi connectivity index (χ1) is 11.5. The van der Waals surface area contributed by atoms with Crippen molar-refractivity contribution in [3.05, 3.63) is 59.7 Å². The number of benzene rings is 2. The smallest absolute Gasteiger partial charge is 0.0184 e. The second-order valence-electron chi connectivity index (χ2n) is 7.21. The summed E-state index contributed by atoms with van der Waals surface area (Å²) >= 11 is 4.05. The molecule has 2 aromatic carbocycles. The molecule has 0 amide bonds. The van der Waals surface area contributed by atoms with Gasteiger partial charge in [0.25, 0.3) is 0 Å². The zero-order chi connectivity index (χ0) is 17.4. The fourth-order valence-corrected chi connectivity index (χ4v) is 4.45. The molecule has 0 bridgehead atoms. The van der Waals surface area contributed by atoms with Gasteiger partial charge in [0.1, 0.15) is 0 Å². The van der Waals surface area contributed by atoms with Gasteiger partial charge in [-0.15, -0.1) is 0 Å². The Morgan fingerprint density at radius 2 is 0.917 bits per heavy atom. The van der Waals surface area contributed by atoms with Crippen LogP contribution in [0.15, 0.2) is 48.5 Å². The predicted octanol–water partition coefficient (Wildman–Crippen LogP) is 7.13. The van der Waals surface area contributed by atoms with Crippen LogP contribution in [0.2, 0.25) is 0 Å². The summed E-state index contributed by atoms with van der Waals surface area (Å²) in [5, 5.41) is 0. The van der Waals surface area contributed by atoms with Crippen LogP contribution < -0.4 is 0 Å². The van der Waals surface area contributed by atoms with Crippen LogP contribution in [0.5, 0.6) is 0 Å². The average Bonchev–Trinajstić information content (AvgIpc) is 2.56. The van der Waals surface area contributed by atoms with Crippen molar-refractivity contribution in [2.75, 3.05) is 11.5 Å². The Kier molecular flexibility index (Phi) is 8.28. The van der Waals surface area contributed by atoms with Gasteiger partial charge in [-0.1, -0.05) is 76.2 Å². The lowest BCUT2D eigenvalue weighted by Crippen LogP contribution is -1.92. The summed E-state index contributed by atoms with van der Waals surface area (Å²) in [6.07, 6.45) is 0. The highest BCUT2D eigenvalue weighted by atomic mass is 32.2. The van der Waals surface area contributed by atoms with Crippen LogP contribution in [-0.4, -0.2) is 11.5 Å². The van der Waals surface area contributed by atoms with Gasteiger partial charge in [-0.25, -0.2) is 0 Å². The molecule has 0 N–H and O–H groups in total. The van der Waals surface area contributed by atoms with E-state index in [1.807, 2.05) is 23.5 Å². The van der Waals surface area contributed by atoms with Gasteiger partial charge in [0.15, 0.2) is 0 Å². The van der Waals surface area contributed by atoms with Gasteiger partial charge >= 0.3 is 0 Å². The maximum Gasteiger partial charge on any atom is 0.0184 e. The van der Waals surface area contributed by atoms with Crippen molar-refractivity contribution < 1.29 is 0 Å².